The van der Waals surface area contributed by atoms with Crippen molar-refractivity contribution in [3.63, 3.8) is 0 Å². The molecular weight excluding hydrogens is 451 g/mol. The minimum absolute atomic E-state index is 0.0260. The van der Waals surface area contributed by atoms with E-state index in [0.29, 0.717) is 12.8 Å². The maximum absolute atomic E-state index is 12.0. The molecule has 0 rings (SSSR count). The molecule has 0 aliphatic heterocycles. The molecule has 0 N–H and O–H groups in total. The SMILES string of the molecule is CCCC[O][Po]([CH2]C(F)(F)F)[O]CC(F)(F)F. The number of unbranched alkanes of at least 4 members (excludes halogenated alkanes) is 1. The summed E-state index contributed by atoms with van der Waals surface area (Å²) in [7, 11) is 0. The summed E-state index contributed by atoms with van der Waals surface area (Å²) in [4.78, 5) is 0. The van der Waals surface area contributed by atoms with Crippen molar-refractivity contribution < 1.29 is 31.9 Å². The van der Waals surface area contributed by atoms with E-state index in [1.807, 2.05) is 0 Å². The average Bonchev–Trinajstić information content (AvgIpc) is 2.11. The van der Waals surface area contributed by atoms with Crippen molar-refractivity contribution in [1.82, 2.24) is 0 Å². The second kappa shape index (κ2) is 7.75. The summed E-state index contributed by atoms with van der Waals surface area (Å²) >= 11 is -3.91. The van der Waals surface area contributed by atoms with Gasteiger partial charge in [-0.2, -0.15) is 0 Å². The molecule has 0 atom stereocenters. The van der Waals surface area contributed by atoms with Gasteiger partial charge in [0.2, 0.25) is 0 Å². The third kappa shape index (κ3) is 12.6. The Kier molecular flexibility index (Phi) is 7.93. The molecule has 0 unspecified atom stereocenters. The van der Waals surface area contributed by atoms with Crippen LogP contribution in [0.4, 0.5) is 26.3 Å². The number of hydrogen-bond acceptors (Lipinski definition) is 2. The van der Waals surface area contributed by atoms with Gasteiger partial charge in [-0.1, -0.05) is 0 Å². The summed E-state index contributed by atoms with van der Waals surface area (Å²) in [6, 6.07) is 0. The van der Waals surface area contributed by atoms with Gasteiger partial charge in [0.1, 0.15) is 0 Å². The molecule has 0 aliphatic rings. The van der Waals surface area contributed by atoms with E-state index in [0.717, 1.165) is 0 Å². The van der Waals surface area contributed by atoms with Gasteiger partial charge in [0, 0.05) is 0 Å². The fourth-order valence-corrected chi connectivity index (χ4v) is 4.84. The Labute approximate surface area is 104 Å². The molecule has 0 aromatic heterocycles. The van der Waals surface area contributed by atoms with Gasteiger partial charge in [0.05, 0.1) is 0 Å². The van der Waals surface area contributed by atoms with Crippen molar-refractivity contribution in [3.8, 4) is 0 Å². The van der Waals surface area contributed by atoms with Crippen molar-refractivity contribution >= 4 is 23.0 Å². The summed E-state index contributed by atoms with van der Waals surface area (Å²) in [5.74, 6) is 0. The van der Waals surface area contributed by atoms with E-state index in [-0.39, 0.29) is 6.61 Å². The van der Waals surface area contributed by atoms with Gasteiger partial charge in [-0.15, -0.1) is 0 Å². The first-order chi connectivity index (χ1) is 7.64. The summed E-state index contributed by atoms with van der Waals surface area (Å²) < 4.78 is 79.3. The molecule has 0 saturated carbocycles. The van der Waals surface area contributed by atoms with Crippen molar-refractivity contribution in [2.45, 2.75) is 36.2 Å². The predicted molar refractivity (Wildman–Crippen MR) is 49.5 cm³/mol. The third-order valence-electron chi connectivity index (χ3n) is 1.35. The van der Waals surface area contributed by atoms with Crippen LogP contribution in [0.25, 0.3) is 0 Å². The van der Waals surface area contributed by atoms with Crippen molar-refractivity contribution in [2.24, 2.45) is 0 Å². The average molecular weight is 464 g/mol. The normalized spacial score (nSPS) is 13.4. The second-order valence-electron chi connectivity index (χ2n) is 3.12. The Morgan fingerprint density at radius 1 is 0.941 bits per heavy atom. The van der Waals surface area contributed by atoms with Crippen molar-refractivity contribution in [2.75, 3.05) is 13.2 Å². The Balaban J connectivity index is 4.11. The van der Waals surface area contributed by atoms with Gasteiger partial charge in [0.15, 0.2) is 0 Å². The molecule has 0 bridgehead atoms. The first kappa shape index (κ1) is 17.4. The monoisotopic (exact) mass is 464 g/mol. The first-order valence-corrected chi connectivity index (χ1v) is 9.58. The van der Waals surface area contributed by atoms with Crippen LogP contribution in [0.2, 0.25) is 4.08 Å². The van der Waals surface area contributed by atoms with Crippen LogP contribution in [-0.2, 0) is 5.54 Å². The molecule has 0 aromatic carbocycles. The van der Waals surface area contributed by atoms with Gasteiger partial charge in [-0.3, -0.25) is 0 Å². The van der Waals surface area contributed by atoms with E-state index in [9.17, 15) is 26.3 Å². The summed E-state index contributed by atoms with van der Waals surface area (Å²) in [6.07, 6.45) is -7.95. The number of rotatable bonds is 7. The molecule has 17 heavy (non-hydrogen) atoms. The zero-order chi connectivity index (χ0) is 13.5. The van der Waals surface area contributed by atoms with Crippen LogP contribution in [0, 0.1) is 0 Å². The standard InChI is InChI=1S/C4H9O.C2H2F3O.C2H2F3.Po/c1-2-3-4-5;3-2(4,5)1-6;1-2(3,4)5;/h2-4H2,1H3;1H2;1H2;/q2*-1;;+2. The van der Waals surface area contributed by atoms with Gasteiger partial charge in [-0.05, 0) is 0 Å². The zero-order valence-corrected chi connectivity index (χ0v) is 12.2. The minimum atomic E-state index is -4.62. The van der Waals surface area contributed by atoms with Crippen molar-refractivity contribution in [3.05, 3.63) is 0 Å². The number of halogens is 6. The molecule has 0 saturated heterocycles. The molecule has 9 heteroatoms. The predicted octanol–water partition coefficient (Wildman–Crippen LogP) is 3.43. The second-order valence-corrected chi connectivity index (χ2v) is 8.43. The molecule has 0 amide bonds. The van der Waals surface area contributed by atoms with Gasteiger partial charge < -0.3 is 0 Å². The molecule has 1 radical (unpaired) electrons. The van der Waals surface area contributed by atoms with Gasteiger partial charge in [-0.25, -0.2) is 0 Å². The fourth-order valence-electron chi connectivity index (χ4n) is 0.680. The number of alkyl halides is 6. The molecule has 0 spiro atoms. The van der Waals surface area contributed by atoms with Gasteiger partial charge in [0.25, 0.3) is 0 Å². The molecule has 105 valence electrons. The summed E-state index contributed by atoms with van der Waals surface area (Å²) in [5.41, 5.74) is 0. The van der Waals surface area contributed by atoms with Crippen LogP contribution in [0.5, 0.6) is 0 Å². The van der Waals surface area contributed by atoms with Crippen molar-refractivity contribution in [1.29, 1.82) is 0 Å². The van der Waals surface area contributed by atoms with Crippen LogP contribution < -0.4 is 0 Å². The van der Waals surface area contributed by atoms with E-state index in [4.69, 9.17) is 2.77 Å². The van der Waals surface area contributed by atoms with E-state index < -0.39 is 46.0 Å². The van der Waals surface area contributed by atoms with E-state index >= 15 is 0 Å². The first-order valence-electron chi connectivity index (χ1n) is 4.75. The fraction of sp³-hybridized carbons (Fsp3) is 1.00. The van der Waals surface area contributed by atoms with Crippen LogP contribution >= 0.6 is 0 Å². The Bertz CT molecular complexity index is 205. The molecule has 2 nitrogen and oxygen atoms in total. The quantitative estimate of drug-likeness (QED) is 0.425. The zero-order valence-electron chi connectivity index (χ0n) is 9.03. The Hall–Kier alpha value is 0.396. The number of hydrogen-bond donors (Lipinski definition) is 0. The molecular formula is C8H13F6O2Po. The Morgan fingerprint density at radius 3 is 1.94 bits per heavy atom. The summed E-state index contributed by atoms with van der Waals surface area (Å²) in [5, 5.41) is 0. The van der Waals surface area contributed by atoms with Gasteiger partial charge >= 0.3 is 104 Å². The molecule has 0 fully saturated rings. The third-order valence-corrected chi connectivity index (χ3v) is 6.69. The van der Waals surface area contributed by atoms with Crippen LogP contribution in [0.3, 0.4) is 0 Å². The van der Waals surface area contributed by atoms with Crippen LogP contribution in [-0.4, -0.2) is 48.5 Å². The topological polar surface area (TPSA) is 18.5 Å². The molecule has 0 aromatic rings. The van der Waals surface area contributed by atoms with E-state index in [2.05, 4.69) is 2.77 Å². The van der Waals surface area contributed by atoms with Crippen LogP contribution in [0.1, 0.15) is 19.8 Å². The summed E-state index contributed by atoms with van der Waals surface area (Å²) in [6.45, 7) is 0.160. The molecule has 0 heterocycles. The van der Waals surface area contributed by atoms with Crippen LogP contribution in [0.15, 0.2) is 0 Å². The Morgan fingerprint density at radius 2 is 1.53 bits per heavy atom. The maximum atomic E-state index is 12.0. The molecule has 0 aliphatic carbocycles. The van der Waals surface area contributed by atoms with E-state index in [1.54, 1.807) is 6.92 Å². The van der Waals surface area contributed by atoms with E-state index in [1.165, 1.54) is 0 Å².